The van der Waals surface area contributed by atoms with Crippen molar-refractivity contribution in [3.63, 3.8) is 0 Å². The molecular weight excluding hydrogens is 558 g/mol. The molecule has 0 aliphatic carbocycles. The maximum absolute atomic E-state index is 13.3. The van der Waals surface area contributed by atoms with E-state index < -0.39 is 34.5 Å². The monoisotopic (exact) mass is 585 g/mol. The molecule has 4 rings (SSSR count). The van der Waals surface area contributed by atoms with Crippen LogP contribution in [0.3, 0.4) is 0 Å². The van der Waals surface area contributed by atoms with E-state index in [9.17, 15) is 26.0 Å². The van der Waals surface area contributed by atoms with E-state index in [0.29, 0.717) is 33.3 Å². The van der Waals surface area contributed by atoms with Crippen LogP contribution in [0.1, 0.15) is 28.6 Å². The number of methoxy groups -OCH3 is 1. The zero-order chi connectivity index (χ0) is 28.4. The Morgan fingerprint density at radius 3 is 2.54 bits per heavy atom. The first-order chi connectivity index (χ1) is 18.4. The smallest absolute Gasteiger partial charge is 0.390 e. The summed E-state index contributed by atoms with van der Waals surface area (Å²) in [5.74, 6) is -0.111. The highest BCUT2D eigenvalue weighted by molar-refractivity contribution is 7.89. The van der Waals surface area contributed by atoms with Gasteiger partial charge in [-0.25, -0.2) is 17.8 Å². The standard InChI is InChI=1S/C25H27F4N5O3S2/c1-16-31-24(15-38-16)39(35,36)34-10-9-33(8-7-25(27,28)29)22(14-34)20-11-17(13-30)21(12-23(20)37-2)32-19-5-3-18(26)4-6-19/h3-6,11-13,15,22,30,32H,7-10,14H2,1-2H3. The predicted molar refractivity (Wildman–Crippen MR) is 141 cm³/mol. The first-order valence-electron chi connectivity index (χ1n) is 11.9. The van der Waals surface area contributed by atoms with Crippen molar-refractivity contribution in [1.29, 1.82) is 5.41 Å². The van der Waals surface area contributed by atoms with Crippen molar-refractivity contribution >= 4 is 38.9 Å². The molecule has 0 spiro atoms. The lowest BCUT2D eigenvalue weighted by atomic mass is 9.98. The molecule has 1 atom stereocenters. The molecule has 1 saturated heterocycles. The van der Waals surface area contributed by atoms with Gasteiger partial charge in [0.15, 0.2) is 5.03 Å². The van der Waals surface area contributed by atoms with Crippen LogP contribution in [-0.4, -0.2) is 68.3 Å². The quantitative estimate of drug-likeness (QED) is 0.260. The Labute approximate surface area is 227 Å². The van der Waals surface area contributed by atoms with Crippen molar-refractivity contribution in [3.8, 4) is 5.75 Å². The summed E-state index contributed by atoms with van der Waals surface area (Å²) in [7, 11) is -2.58. The van der Waals surface area contributed by atoms with E-state index in [0.717, 1.165) is 6.21 Å². The van der Waals surface area contributed by atoms with E-state index >= 15 is 0 Å². The van der Waals surface area contributed by atoms with Gasteiger partial charge in [-0.15, -0.1) is 11.3 Å². The summed E-state index contributed by atoms with van der Waals surface area (Å²) < 4.78 is 86.3. The van der Waals surface area contributed by atoms with Gasteiger partial charge in [0.25, 0.3) is 10.0 Å². The van der Waals surface area contributed by atoms with Crippen molar-refractivity contribution in [3.05, 3.63) is 63.7 Å². The normalized spacial score (nSPS) is 17.2. The van der Waals surface area contributed by atoms with Crippen molar-refractivity contribution in [1.82, 2.24) is 14.2 Å². The predicted octanol–water partition coefficient (Wildman–Crippen LogP) is 5.34. The number of aryl methyl sites for hydroxylation is 1. The highest BCUT2D eigenvalue weighted by Crippen LogP contribution is 2.38. The van der Waals surface area contributed by atoms with E-state index in [1.807, 2.05) is 0 Å². The van der Waals surface area contributed by atoms with Gasteiger partial charge in [0.2, 0.25) is 0 Å². The lowest BCUT2D eigenvalue weighted by Crippen LogP contribution is -2.51. The number of nitrogens with zero attached hydrogens (tertiary/aromatic N) is 3. The van der Waals surface area contributed by atoms with Crippen molar-refractivity contribution in [2.24, 2.45) is 0 Å². The fourth-order valence-corrected chi connectivity index (χ4v) is 6.75. The number of piperazine rings is 1. The minimum absolute atomic E-state index is 0.00277. The fraction of sp³-hybridized carbons (Fsp3) is 0.360. The molecule has 0 saturated carbocycles. The third-order valence-electron chi connectivity index (χ3n) is 6.38. The van der Waals surface area contributed by atoms with Gasteiger partial charge in [-0.05, 0) is 37.3 Å². The van der Waals surface area contributed by atoms with Crippen molar-refractivity contribution in [2.45, 2.75) is 30.6 Å². The Kier molecular flexibility index (Phi) is 8.59. The molecule has 3 aromatic rings. The van der Waals surface area contributed by atoms with E-state index in [1.54, 1.807) is 24.0 Å². The Morgan fingerprint density at radius 2 is 1.95 bits per heavy atom. The van der Waals surface area contributed by atoms with Crippen LogP contribution >= 0.6 is 11.3 Å². The van der Waals surface area contributed by atoms with E-state index in [-0.39, 0.29) is 31.2 Å². The van der Waals surface area contributed by atoms with Crippen LogP contribution in [0.2, 0.25) is 0 Å². The van der Waals surface area contributed by atoms with Crippen LogP contribution in [0.15, 0.2) is 46.8 Å². The van der Waals surface area contributed by atoms with Crippen molar-refractivity contribution < 1.29 is 30.7 Å². The van der Waals surface area contributed by atoms with Gasteiger partial charge in [-0.1, -0.05) is 0 Å². The number of alkyl halides is 3. The maximum Gasteiger partial charge on any atom is 0.390 e. The first-order valence-corrected chi connectivity index (χ1v) is 14.2. The highest BCUT2D eigenvalue weighted by atomic mass is 32.2. The zero-order valence-electron chi connectivity index (χ0n) is 21.1. The largest absolute Gasteiger partial charge is 0.496 e. The summed E-state index contributed by atoms with van der Waals surface area (Å²) in [5.41, 5.74) is 1.84. The Bertz CT molecular complexity index is 1430. The number of sulfonamides is 1. The minimum Gasteiger partial charge on any atom is -0.496 e. The number of rotatable bonds is 9. The molecule has 0 radical (unpaired) electrons. The molecule has 1 fully saturated rings. The molecule has 2 aromatic carbocycles. The molecule has 39 heavy (non-hydrogen) atoms. The second-order valence-corrected chi connectivity index (χ2v) is 11.9. The van der Waals surface area contributed by atoms with Crippen LogP contribution in [-0.2, 0) is 10.0 Å². The molecule has 1 aromatic heterocycles. The van der Waals surface area contributed by atoms with Crippen LogP contribution in [0.5, 0.6) is 5.75 Å². The lowest BCUT2D eigenvalue weighted by molar-refractivity contribution is -0.140. The Balaban J connectivity index is 1.72. The first kappa shape index (κ1) is 28.9. The number of thiazole rings is 1. The third-order valence-corrected chi connectivity index (χ3v) is 9.05. The molecule has 2 heterocycles. The number of anilines is 2. The summed E-state index contributed by atoms with van der Waals surface area (Å²) in [6.07, 6.45) is -4.38. The summed E-state index contributed by atoms with van der Waals surface area (Å²) in [6, 6.07) is 8.00. The molecule has 0 bridgehead atoms. The Hall–Kier alpha value is -3.07. The Morgan fingerprint density at radius 1 is 1.23 bits per heavy atom. The SMILES string of the molecule is COc1cc(Nc2ccc(F)cc2)c(C=N)cc1C1CN(S(=O)(=O)c2csc(C)n2)CCN1CCC(F)(F)F. The van der Waals surface area contributed by atoms with Crippen LogP contribution < -0.4 is 10.1 Å². The summed E-state index contributed by atoms with van der Waals surface area (Å²) in [4.78, 5) is 5.69. The van der Waals surface area contributed by atoms with Crippen molar-refractivity contribution in [2.75, 3.05) is 38.6 Å². The molecule has 8 nitrogen and oxygen atoms in total. The summed E-state index contributed by atoms with van der Waals surface area (Å²) >= 11 is 1.19. The molecular formula is C25H27F4N5O3S2. The number of hydrogen-bond donors (Lipinski definition) is 2. The van der Waals surface area contributed by atoms with Gasteiger partial charge in [-0.3, -0.25) is 4.90 Å². The molecule has 1 aliphatic rings. The van der Waals surface area contributed by atoms with Gasteiger partial charge < -0.3 is 15.5 Å². The molecule has 1 aliphatic heterocycles. The van der Waals surface area contributed by atoms with E-state index in [1.165, 1.54) is 52.4 Å². The molecule has 1 unspecified atom stereocenters. The van der Waals surface area contributed by atoms with Crippen LogP contribution in [0, 0.1) is 18.2 Å². The van der Waals surface area contributed by atoms with Gasteiger partial charge in [0.1, 0.15) is 11.6 Å². The number of ether oxygens (including phenoxy) is 1. The number of halogens is 4. The van der Waals surface area contributed by atoms with E-state index in [4.69, 9.17) is 10.1 Å². The van der Waals surface area contributed by atoms with E-state index in [2.05, 4.69) is 10.3 Å². The van der Waals surface area contributed by atoms with Crippen LogP contribution in [0.4, 0.5) is 28.9 Å². The molecule has 2 N–H and O–H groups in total. The van der Waals surface area contributed by atoms with Gasteiger partial charge in [0.05, 0.1) is 30.3 Å². The second-order valence-electron chi connectivity index (χ2n) is 8.94. The minimum atomic E-state index is -4.39. The third kappa shape index (κ3) is 6.75. The van der Waals surface area contributed by atoms with Gasteiger partial charge in [0, 0.05) is 60.7 Å². The number of benzene rings is 2. The number of aromatic nitrogens is 1. The van der Waals surface area contributed by atoms with Gasteiger partial charge in [-0.2, -0.15) is 17.5 Å². The highest BCUT2D eigenvalue weighted by Gasteiger charge is 2.39. The second kappa shape index (κ2) is 11.6. The van der Waals surface area contributed by atoms with Crippen LogP contribution in [0.25, 0.3) is 0 Å². The summed E-state index contributed by atoms with van der Waals surface area (Å²) in [5, 5.41) is 13.0. The maximum atomic E-state index is 13.3. The molecule has 0 amide bonds. The number of hydrogen-bond acceptors (Lipinski definition) is 8. The average Bonchev–Trinajstić information content (AvgIpc) is 3.35. The lowest BCUT2D eigenvalue weighted by Gasteiger charge is -2.41. The average molecular weight is 586 g/mol. The van der Waals surface area contributed by atoms with Gasteiger partial charge >= 0.3 is 6.18 Å². The molecule has 14 heteroatoms. The summed E-state index contributed by atoms with van der Waals surface area (Å²) in [6.45, 7) is 1.28. The fourth-order valence-electron chi connectivity index (χ4n) is 4.41. The zero-order valence-corrected chi connectivity index (χ0v) is 22.8. The topological polar surface area (TPSA) is 98.6 Å². The number of nitrogens with one attached hydrogen (secondary N) is 2. The molecule has 210 valence electrons.